The molecule has 1 N–H and O–H groups in total. The fraction of sp³-hybridized carbons (Fsp3) is 0.133. The lowest BCUT2D eigenvalue weighted by Crippen LogP contribution is -2.03. The molecule has 4 heteroatoms. The first-order valence-electron chi connectivity index (χ1n) is 5.80. The molecule has 0 saturated heterocycles. The summed E-state index contributed by atoms with van der Waals surface area (Å²) in [4.78, 5) is 0. The van der Waals surface area contributed by atoms with Gasteiger partial charge in [-0.15, -0.1) is 0 Å². The van der Waals surface area contributed by atoms with Crippen LogP contribution in [0.25, 0.3) is 0 Å². The highest BCUT2D eigenvalue weighted by molar-refractivity contribution is 5.66. The van der Waals surface area contributed by atoms with Crippen molar-refractivity contribution in [3.63, 3.8) is 0 Å². The molecule has 0 amide bonds. The quantitative estimate of drug-likeness (QED) is 0.912. The Morgan fingerprint density at radius 3 is 2.58 bits per heavy atom. The number of halogens is 1. The van der Waals surface area contributed by atoms with E-state index in [9.17, 15) is 4.39 Å². The molecule has 0 aliphatic rings. The van der Waals surface area contributed by atoms with E-state index in [1.807, 2.05) is 0 Å². The van der Waals surface area contributed by atoms with Gasteiger partial charge in [0.2, 0.25) is 0 Å². The van der Waals surface area contributed by atoms with Crippen molar-refractivity contribution in [1.29, 1.82) is 5.26 Å². The van der Waals surface area contributed by atoms with E-state index in [1.165, 1.54) is 12.1 Å². The highest BCUT2D eigenvalue weighted by Crippen LogP contribution is 2.28. The number of methoxy groups -OCH3 is 1. The van der Waals surface area contributed by atoms with Gasteiger partial charge in [-0.25, -0.2) is 4.39 Å². The zero-order valence-electron chi connectivity index (χ0n) is 10.5. The topological polar surface area (TPSA) is 45.0 Å². The molecule has 0 bridgehead atoms. The number of hydrogen-bond donors (Lipinski definition) is 1. The van der Waals surface area contributed by atoms with E-state index >= 15 is 0 Å². The van der Waals surface area contributed by atoms with Crippen molar-refractivity contribution in [2.45, 2.75) is 6.54 Å². The highest BCUT2D eigenvalue weighted by atomic mass is 19.1. The number of para-hydroxylation sites is 1. The molecule has 19 heavy (non-hydrogen) atoms. The molecule has 0 unspecified atom stereocenters. The van der Waals surface area contributed by atoms with E-state index in [2.05, 4.69) is 11.4 Å². The van der Waals surface area contributed by atoms with Crippen molar-refractivity contribution in [3.8, 4) is 11.8 Å². The number of nitrogens with one attached hydrogen (secondary N) is 1. The van der Waals surface area contributed by atoms with Crippen LogP contribution in [0.2, 0.25) is 0 Å². The normalized spacial score (nSPS) is 9.74. The summed E-state index contributed by atoms with van der Waals surface area (Å²) in [5, 5.41) is 12.2. The molecule has 0 aliphatic carbocycles. The molecular weight excluding hydrogens is 243 g/mol. The van der Waals surface area contributed by atoms with Crippen LogP contribution in [0, 0.1) is 17.1 Å². The van der Waals surface area contributed by atoms with Crippen LogP contribution >= 0.6 is 0 Å². The minimum Gasteiger partial charge on any atom is -0.495 e. The minimum absolute atomic E-state index is 0.265. The molecule has 0 atom stereocenters. The van der Waals surface area contributed by atoms with Crippen LogP contribution in [-0.2, 0) is 6.54 Å². The van der Waals surface area contributed by atoms with Gasteiger partial charge in [0.25, 0.3) is 0 Å². The molecule has 0 aliphatic heterocycles. The summed E-state index contributed by atoms with van der Waals surface area (Å²) in [6, 6.07) is 13.6. The van der Waals surface area contributed by atoms with E-state index in [4.69, 9.17) is 10.00 Å². The van der Waals surface area contributed by atoms with E-state index in [0.29, 0.717) is 23.5 Å². The Kier molecular flexibility index (Phi) is 3.99. The van der Waals surface area contributed by atoms with Gasteiger partial charge in [0.15, 0.2) is 0 Å². The molecule has 2 aromatic rings. The Morgan fingerprint density at radius 2 is 1.95 bits per heavy atom. The van der Waals surface area contributed by atoms with E-state index in [1.54, 1.807) is 37.4 Å². The van der Waals surface area contributed by atoms with Crippen molar-refractivity contribution in [2.24, 2.45) is 0 Å². The Morgan fingerprint density at radius 1 is 1.21 bits per heavy atom. The Bertz CT molecular complexity index is 603. The molecule has 96 valence electrons. The van der Waals surface area contributed by atoms with Crippen LogP contribution in [0.3, 0.4) is 0 Å². The van der Waals surface area contributed by atoms with Crippen molar-refractivity contribution in [3.05, 3.63) is 59.4 Å². The Labute approximate surface area is 111 Å². The molecule has 0 spiro atoms. The first-order valence-corrected chi connectivity index (χ1v) is 5.80. The van der Waals surface area contributed by atoms with Gasteiger partial charge in [-0.2, -0.15) is 5.26 Å². The van der Waals surface area contributed by atoms with Crippen LogP contribution in [0.15, 0.2) is 42.5 Å². The van der Waals surface area contributed by atoms with Gasteiger partial charge in [0, 0.05) is 6.54 Å². The number of hydrogen-bond acceptors (Lipinski definition) is 3. The molecule has 0 aromatic heterocycles. The summed E-state index contributed by atoms with van der Waals surface area (Å²) in [7, 11) is 1.56. The largest absolute Gasteiger partial charge is 0.495 e. The van der Waals surface area contributed by atoms with Crippen molar-refractivity contribution >= 4 is 5.69 Å². The van der Waals surface area contributed by atoms with Gasteiger partial charge >= 0.3 is 0 Å². The summed E-state index contributed by atoms with van der Waals surface area (Å²) in [6.07, 6.45) is 0. The first-order chi connectivity index (χ1) is 9.24. The Hall–Kier alpha value is -2.54. The lowest BCUT2D eigenvalue weighted by Gasteiger charge is -2.12. The van der Waals surface area contributed by atoms with Crippen LogP contribution in [0.4, 0.5) is 10.1 Å². The fourth-order valence-corrected chi connectivity index (χ4v) is 1.77. The predicted octanol–water partition coefficient (Wildman–Crippen LogP) is 3.32. The third kappa shape index (κ3) is 3.02. The zero-order valence-corrected chi connectivity index (χ0v) is 10.5. The van der Waals surface area contributed by atoms with E-state index in [-0.39, 0.29) is 5.82 Å². The number of nitriles is 1. The van der Waals surface area contributed by atoms with Crippen molar-refractivity contribution in [2.75, 3.05) is 12.4 Å². The summed E-state index contributed by atoms with van der Waals surface area (Å²) in [6.45, 7) is 0.495. The summed E-state index contributed by atoms with van der Waals surface area (Å²) in [5.74, 6) is 0.347. The summed E-state index contributed by atoms with van der Waals surface area (Å²) >= 11 is 0. The predicted molar refractivity (Wildman–Crippen MR) is 71.4 cm³/mol. The molecule has 3 nitrogen and oxygen atoms in total. The highest BCUT2D eigenvalue weighted by Gasteiger charge is 2.08. The van der Waals surface area contributed by atoms with E-state index in [0.717, 1.165) is 5.56 Å². The maximum atomic E-state index is 12.8. The minimum atomic E-state index is -0.265. The zero-order chi connectivity index (χ0) is 13.7. The second kappa shape index (κ2) is 5.87. The van der Waals surface area contributed by atoms with Gasteiger partial charge in [-0.1, -0.05) is 18.2 Å². The maximum absolute atomic E-state index is 12.8. The van der Waals surface area contributed by atoms with Gasteiger partial charge in [0.05, 0.1) is 18.4 Å². The van der Waals surface area contributed by atoms with Crippen LogP contribution in [0.5, 0.6) is 5.75 Å². The van der Waals surface area contributed by atoms with Crippen molar-refractivity contribution < 1.29 is 9.13 Å². The van der Waals surface area contributed by atoms with Crippen LogP contribution < -0.4 is 10.1 Å². The third-order valence-corrected chi connectivity index (χ3v) is 2.75. The average molecular weight is 256 g/mol. The second-order valence-electron chi connectivity index (χ2n) is 3.97. The molecular formula is C15H13FN2O. The van der Waals surface area contributed by atoms with Crippen molar-refractivity contribution in [1.82, 2.24) is 0 Å². The van der Waals surface area contributed by atoms with Crippen LogP contribution in [-0.4, -0.2) is 7.11 Å². The number of anilines is 1. The van der Waals surface area contributed by atoms with E-state index < -0.39 is 0 Å². The second-order valence-corrected chi connectivity index (χ2v) is 3.97. The van der Waals surface area contributed by atoms with Gasteiger partial charge in [0.1, 0.15) is 17.6 Å². The molecule has 2 rings (SSSR count). The van der Waals surface area contributed by atoms with Gasteiger partial charge in [-0.05, 0) is 29.8 Å². The molecule has 0 radical (unpaired) electrons. The monoisotopic (exact) mass is 256 g/mol. The maximum Gasteiger partial charge on any atom is 0.143 e. The number of ether oxygens (including phenoxy) is 1. The Balaban J connectivity index is 2.19. The average Bonchev–Trinajstić information content (AvgIpc) is 2.46. The third-order valence-electron chi connectivity index (χ3n) is 2.75. The molecule has 0 fully saturated rings. The lowest BCUT2D eigenvalue weighted by atomic mass is 10.1. The summed E-state index contributed by atoms with van der Waals surface area (Å²) in [5.41, 5.74) is 2.09. The number of benzene rings is 2. The number of rotatable bonds is 4. The molecule has 0 heterocycles. The smallest absolute Gasteiger partial charge is 0.143 e. The van der Waals surface area contributed by atoms with Crippen LogP contribution in [0.1, 0.15) is 11.1 Å². The molecule has 0 saturated carbocycles. The van der Waals surface area contributed by atoms with Gasteiger partial charge in [-0.3, -0.25) is 0 Å². The standard InChI is InChI=1S/C15H13FN2O/c1-19-14-4-2-3-12(9-17)15(14)18-10-11-5-7-13(16)8-6-11/h2-8,18H,10H2,1H3. The fourth-order valence-electron chi connectivity index (χ4n) is 1.77. The number of nitrogens with zero attached hydrogens (tertiary/aromatic N) is 1. The molecule has 2 aromatic carbocycles. The first kappa shape index (κ1) is 12.9. The summed E-state index contributed by atoms with van der Waals surface area (Å²) < 4.78 is 18.0. The van der Waals surface area contributed by atoms with Gasteiger partial charge < -0.3 is 10.1 Å². The SMILES string of the molecule is COc1cccc(C#N)c1NCc1ccc(F)cc1. The lowest BCUT2D eigenvalue weighted by molar-refractivity contribution is 0.416.